The Morgan fingerprint density at radius 1 is 1.47 bits per heavy atom. The van der Waals surface area contributed by atoms with Crippen LogP contribution in [-0.4, -0.2) is 49.4 Å². The van der Waals surface area contributed by atoms with E-state index in [4.69, 9.17) is 5.73 Å². The van der Waals surface area contributed by atoms with E-state index in [1.54, 1.807) is 0 Å². The van der Waals surface area contributed by atoms with Crippen LogP contribution in [0.1, 0.15) is 19.8 Å². The lowest BCUT2D eigenvalue weighted by Gasteiger charge is -2.41. The lowest BCUT2D eigenvalue weighted by atomic mass is 9.91. The van der Waals surface area contributed by atoms with Crippen LogP contribution in [-0.2, 0) is 9.84 Å². The zero-order chi connectivity index (χ0) is 11.1. The van der Waals surface area contributed by atoms with Gasteiger partial charge in [-0.05, 0) is 19.8 Å². The van der Waals surface area contributed by atoms with Gasteiger partial charge < -0.3 is 10.6 Å². The number of hydrogen-bond acceptors (Lipinski definition) is 5. The van der Waals surface area contributed by atoms with Gasteiger partial charge in [-0.15, -0.1) is 0 Å². The van der Waals surface area contributed by atoms with Crippen molar-refractivity contribution in [2.75, 3.05) is 24.6 Å². The molecule has 0 aromatic heterocycles. The summed E-state index contributed by atoms with van der Waals surface area (Å²) in [6.07, 6.45) is 1.32. The number of likely N-dealkylation sites (N-methyl/N-ethyl adjacent to an activating group) is 1. The van der Waals surface area contributed by atoms with Gasteiger partial charge in [0.05, 0.1) is 23.6 Å². The fourth-order valence-corrected chi connectivity index (χ4v) is 4.07. The lowest BCUT2D eigenvalue weighted by Crippen LogP contribution is -2.55. The molecule has 2 heterocycles. The van der Waals surface area contributed by atoms with Gasteiger partial charge in [-0.1, -0.05) is 0 Å². The lowest BCUT2D eigenvalue weighted by molar-refractivity contribution is 0.189. The highest BCUT2D eigenvalue weighted by molar-refractivity contribution is 7.91. The summed E-state index contributed by atoms with van der Waals surface area (Å²) in [7, 11) is -2.81. The number of rotatable bonds is 1. The van der Waals surface area contributed by atoms with Crippen LogP contribution in [0.15, 0.2) is 4.99 Å². The Balaban J connectivity index is 2.17. The Morgan fingerprint density at radius 3 is 2.60 bits per heavy atom. The molecule has 1 fully saturated rings. The number of sulfone groups is 1. The molecular formula is C9H17N3O2S. The minimum absolute atomic E-state index is 0.107. The van der Waals surface area contributed by atoms with Crippen molar-refractivity contribution in [2.45, 2.75) is 25.3 Å². The summed E-state index contributed by atoms with van der Waals surface area (Å²) < 4.78 is 22.8. The molecule has 15 heavy (non-hydrogen) atoms. The Morgan fingerprint density at radius 2 is 2.07 bits per heavy atom. The van der Waals surface area contributed by atoms with Crippen LogP contribution < -0.4 is 5.73 Å². The van der Waals surface area contributed by atoms with Crippen molar-refractivity contribution >= 4 is 15.8 Å². The maximum Gasteiger partial charge on any atom is 0.191 e. The van der Waals surface area contributed by atoms with Gasteiger partial charge in [-0.3, -0.25) is 4.99 Å². The maximum absolute atomic E-state index is 11.4. The predicted molar refractivity (Wildman–Crippen MR) is 59.5 cm³/mol. The second-order valence-electron chi connectivity index (χ2n) is 4.29. The molecule has 0 aliphatic carbocycles. The molecule has 0 unspecified atom stereocenters. The van der Waals surface area contributed by atoms with E-state index in [0.29, 0.717) is 25.3 Å². The van der Waals surface area contributed by atoms with Crippen molar-refractivity contribution in [2.24, 2.45) is 10.7 Å². The number of guanidine groups is 1. The van der Waals surface area contributed by atoms with E-state index in [-0.39, 0.29) is 17.0 Å². The third kappa shape index (κ3) is 1.71. The van der Waals surface area contributed by atoms with Crippen LogP contribution in [0.3, 0.4) is 0 Å². The molecule has 0 saturated carbocycles. The molecule has 1 spiro atoms. The average Bonchev–Trinajstić information content (AvgIpc) is 2.49. The first kappa shape index (κ1) is 10.7. The molecule has 2 aliphatic heterocycles. The highest BCUT2D eigenvalue weighted by atomic mass is 32.2. The fourth-order valence-electron chi connectivity index (χ4n) is 2.49. The molecule has 2 N–H and O–H groups in total. The van der Waals surface area contributed by atoms with Gasteiger partial charge >= 0.3 is 0 Å². The first-order chi connectivity index (χ1) is 6.99. The van der Waals surface area contributed by atoms with E-state index in [2.05, 4.69) is 9.89 Å². The van der Waals surface area contributed by atoms with E-state index in [0.717, 1.165) is 6.54 Å². The van der Waals surface area contributed by atoms with Crippen LogP contribution in [0.25, 0.3) is 0 Å². The van der Waals surface area contributed by atoms with Crippen molar-refractivity contribution < 1.29 is 8.42 Å². The molecule has 86 valence electrons. The quantitative estimate of drug-likeness (QED) is 0.665. The van der Waals surface area contributed by atoms with E-state index in [1.807, 2.05) is 6.92 Å². The summed E-state index contributed by atoms with van der Waals surface area (Å²) in [5.74, 6) is 1.11. The van der Waals surface area contributed by atoms with Gasteiger partial charge in [-0.2, -0.15) is 0 Å². The van der Waals surface area contributed by atoms with Crippen molar-refractivity contribution in [3.05, 3.63) is 0 Å². The summed E-state index contributed by atoms with van der Waals surface area (Å²) in [6.45, 7) is 3.48. The molecule has 2 aliphatic rings. The van der Waals surface area contributed by atoms with Crippen LogP contribution in [0.2, 0.25) is 0 Å². The van der Waals surface area contributed by atoms with E-state index in [1.165, 1.54) is 0 Å². The second kappa shape index (κ2) is 3.37. The predicted octanol–water partition coefficient (Wildman–Crippen LogP) is -0.416. The van der Waals surface area contributed by atoms with Crippen LogP contribution in [0.4, 0.5) is 0 Å². The first-order valence-electron chi connectivity index (χ1n) is 5.27. The molecule has 1 saturated heterocycles. The third-order valence-corrected chi connectivity index (χ3v) is 5.11. The smallest absolute Gasteiger partial charge is 0.191 e. The fraction of sp³-hybridized carbons (Fsp3) is 0.889. The van der Waals surface area contributed by atoms with E-state index in [9.17, 15) is 8.42 Å². The second-order valence-corrected chi connectivity index (χ2v) is 6.60. The number of nitrogens with two attached hydrogens (primary N) is 1. The monoisotopic (exact) mass is 231 g/mol. The van der Waals surface area contributed by atoms with E-state index < -0.39 is 9.84 Å². The Kier molecular flexibility index (Phi) is 2.41. The van der Waals surface area contributed by atoms with Crippen molar-refractivity contribution in [3.63, 3.8) is 0 Å². The van der Waals surface area contributed by atoms with Gasteiger partial charge in [0.15, 0.2) is 15.8 Å². The molecule has 6 heteroatoms. The van der Waals surface area contributed by atoms with Gasteiger partial charge in [0.1, 0.15) is 0 Å². The van der Waals surface area contributed by atoms with Crippen LogP contribution in [0.5, 0.6) is 0 Å². The molecule has 5 nitrogen and oxygen atoms in total. The molecule has 0 radical (unpaired) electrons. The normalized spacial score (nSPS) is 28.1. The first-order valence-corrected chi connectivity index (χ1v) is 7.09. The zero-order valence-corrected chi connectivity index (χ0v) is 9.76. The van der Waals surface area contributed by atoms with Gasteiger partial charge in [0, 0.05) is 6.54 Å². The van der Waals surface area contributed by atoms with Crippen LogP contribution in [0, 0.1) is 0 Å². The summed E-state index contributed by atoms with van der Waals surface area (Å²) in [5.41, 5.74) is 5.68. The highest BCUT2D eigenvalue weighted by Gasteiger charge is 2.45. The molecule has 2 rings (SSSR count). The standard InChI is InChI=1S/C9H17N3O2S/c1-2-12-8(10)11-7-9(12)3-5-15(13,14)6-4-9/h2-7H2,1H3,(H2,10,11). The number of nitrogens with zero attached hydrogens (tertiary/aromatic N) is 2. The summed E-state index contributed by atoms with van der Waals surface area (Å²) in [6, 6.07) is 0. The van der Waals surface area contributed by atoms with E-state index >= 15 is 0 Å². The Hall–Kier alpha value is -0.780. The summed E-state index contributed by atoms with van der Waals surface area (Å²) in [5, 5.41) is 0. The summed E-state index contributed by atoms with van der Waals surface area (Å²) in [4.78, 5) is 6.30. The van der Waals surface area contributed by atoms with Crippen molar-refractivity contribution in [1.82, 2.24) is 4.90 Å². The van der Waals surface area contributed by atoms with Gasteiger partial charge in [0.2, 0.25) is 0 Å². The zero-order valence-electron chi connectivity index (χ0n) is 8.94. The van der Waals surface area contributed by atoms with Crippen LogP contribution >= 0.6 is 0 Å². The molecular weight excluding hydrogens is 214 g/mol. The molecule has 0 aromatic carbocycles. The average molecular weight is 231 g/mol. The number of hydrogen-bond donors (Lipinski definition) is 1. The molecule has 0 atom stereocenters. The molecule has 0 bridgehead atoms. The largest absolute Gasteiger partial charge is 0.370 e. The molecule has 0 aromatic rings. The minimum atomic E-state index is -2.81. The Bertz CT molecular complexity index is 374. The van der Waals surface area contributed by atoms with Crippen molar-refractivity contribution in [1.29, 1.82) is 0 Å². The van der Waals surface area contributed by atoms with Gasteiger partial charge in [-0.25, -0.2) is 8.42 Å². The summed E-state index contributed by atoms with van der Waals surface area (Å²) >= 11 is 0. The number of aliphatic imine (C=N–C) groups is 1. The topological polar surface area (TPSA) is 75.8 Å². The minimum Gasteiger partial charge on any atom is -0.370 e. The van der Waals surface area contributed by atoms with Crippen molar-refractivity contribution in [3.8, 4) is 0 Å². The van der Waals surface area contributed by atoms with Gasteiger partial charge in [0.25, 0.3) is 0 Å². The SMILES string of the molecule is CCN1C(N)=NCC12CCS(=O)(=O)CC2. The third-order valence-electron chi connectivity index (χ3n) is 3.46. The highest BCUT2D eigenvalue weighted by Crippen LogP contribution is 2.33. The Labute approximate surface area is 90.3 Å². The maximum atomic E-state index is 11.4. The molecule has 0 amide bonds.